The minimum atomic E-state index is -3.83. The summed E-state index contributed by atoms with van der Waals surface area (Å²) in [6.45, 7) is 2.72. The second-order valence-electron chi connectivity index (χ2n) is 7.24. The summed E-state index contributed by atoms with van der Waals surface area (Å²) >= 11 is 0. The van der Waals surface area contributed by atoms with E-state index >= 15 is 0 Å². The molecule has 0 spiro atoms. The van der Waals surface area contributed by atoms with Crippen LogP contribution in [0.3, 0.4) is 0 Å². The Bertz CT molecular complexity index is 1280. The van der Waals surface area contributed by atoms with Gasteiger partial charge >= 0.3 is 0 Å². The first-order valence-electron chi connectivity index (χ1n) is 10.6. The normalized spacial score (nSPS) is 11.4. The number of hydrogen-bond acceptors (Lipinski definition) is 6. The van der Waals surface area contributed by atoms with Crippen LogP contribution in [0.15, 0.2) is 83.4 Å². The minimum Gasteiger partial charge on any atom is -0.494 e. The number of nitrogens with one attached hydrogen (secondary N) is 2. The van der Waals surface area contributed by atoms with E-state index in [0.29, 0.717) is 17.9 Å². The zero-order valence-corrected chi connectivity index (χ0v) is 19.4. The van der Waals surface area contributed by atoms with Gasteiger partial charge in [-0.25, -0.2) is 13.4 Å². The first-order chi connectivity index (χ1) is 16.4. The van der Waals surface area contributed by atoms with E-state index in [1.54, 1.807) is 36.4 Å². The summed E-state index contributed by atoms with van der Waals surface area (Å²) in [5.74, 6) is 0.318. The fraction of sp³-hybridized carbons (Fsp3) is 0.160. The molecule has 8 nitrogen and oxygen atoms in total. The second-order valence-corrected chi connectivity index (χ2v) is 8.92. The zero-order chi connectivity index (χ0) is 24.4. The Labute approximate surface area is 199 Å². The van der Waals surface area contributed by atoms with Crippen LogP contribution in [0.4, 0.5) is 11.5 Å². The molecule has 0 fully saturated rings. The van der Waals surface area contributed by atoms with E-state index in [0.717, 1.165) is 18.6 Å². The van der Waals surface area contributed by atoms with Gasteiger partial charge in [0, 0.05) is 11.9 Å². The number of ether oxygens (including phenoxy) is 1. The third kappa shape index (κ3) is 6.92. The van der Waals surface area contributed by atoms with Gasteiger partial charge in [0.25, 0.3) is 15.9 Å². The van der Waals surface area contributed by atoms with Crippen molar-refractivity contribution in [2.45, 2.75) is 24.7 Å². The summed E-state index contributed by atoms with van der Waals surface area (Å²) in [5, 5.41) is 12.0. The number of carbonyl (C=O) groups excluding carboxylic acids is 1. The van der Waals surface area contributed by atoms with Crippen molar-refractivity contribution >= 4 is 33.5 Å². The molecule has 0 aliphatic carbocycles. The molecule has 0 atom stereocenters. The lowest BCUT2D eigenvalue weighted by Crippen LogP contribution is -2.15. The molecular weight excluding hydrogens is 452 g/mol. The summed E-state index contributed by atoms with van der Waals surface area (Å²) in [5.41, 5.74) is 0.937. The maximum Gasteiger partial charge on any atom is 0.266 e. The number of rotatable bonds is 10. The molecular formula is C25H24N4O4S. The molecule has 2 N–H and O–H groups in total. The predicted octanol–water partition coefficient (Wildman–Crippen LogP) is 4.61. The van der Waals surface area contributed by atoms with Crippen molar-refractivity contribution in [2.24, 2.45) is 0 Å². The Morgan fingerprint density at radius 3 is 2.44 bits per heavy atom. The summed E-state index contributed by atoms with van der Waals surface area (Å²) in [7, 11) is -3.83. The number of anilines is 2. The molecule has 0 unspecified atom stereocenters. The smallest absolute Gasteiger partial charge is 0.266 e. The van der Waals surface area contributed by atoms with Gasteiger partial charge in [0.05, 0.1) is 11.5 Å². The quantitative estimate of drug-likeness (QED) is 0.250. The molecule has 0 saturated carbocycles. The van der Waals surface area contributed by atoms with Crippen LogP contribution in [0, 0.1) is 11.3 Å². The van der Waals surface area contributed by atoms with E-state index < -0.39 is 15.9 Å². The van der Waals surface area contributed by atoms with Crippen molar-refractivity contribution in [1.29, 1.82) is 5.26 Å². The fourth-order valence-electron chi connectivity index (χ4n) is 2.85. The highest BCUT2D eigenvalue weighted by molar-refractivity contribution is 7.92. The Morgan fingerprint density at radius 2 is 1.82 bits per heavy atom. The molecule has 0 aliphatic rings. The molecule has 0 saturated heterocycles. The molecule has 0 aliphatic heterocycles. The van der Waals surface area contributed by atoms with Gasteiger partial charge in [-0.3, -0.25) is 9.52 Å². The fourth-order valence-corrected chi connectivity index (χ4v) is 3.85. The second kappa shape index (κ2) is 11.6. The van der Waals surface area contributed by atoms with Gasteiger partial charge in [-0.15, -0.1) is 0 Å². The third-order valence-electron chi connectivity index (χ3n) is 4.65. The van der Waals surface area contributed by atoms with Crippen molar-refractivity contribution in [1.82, 2.24) is 4.98 Å². The van der Waals surface area contributed by atoms with Crippen LogP contribution in [0.5, 0.6) is 5.75 Å². The monoisotopic (exact) mass is 476 g/mol. The van der Waals surface area contributed by atoms with Crippen LogP contribution in [-0.2, 0) is 14.8 Å². The van der Waals surface area contributed by atoms with Crippen molar-refractivity contribution < 1.29 is 17.9 Å². The predicted molar refractivity (Wildman–Crippen MR) is 131 cm³/mol. The number of benzene rings is 2. The number of aromatic nitrogens is 1. The Hall–Kier alpha value is -4.16. The minimum absolute atomic E-state index is 0.00782. The Balaban J connectivity index is 1.65. The lowest BCUT2D eigenvalue weighted by Gasteiger charge is -2.09. The molecule has 1 amide bonds. The molecule has 1 aromatic heterocycles. The molecule has 174 valence electrons. The van der Waals surface area contributed by atoms with Gasteiger partial charge < -0.3 is 10.1 Å². The Morgan fingerprint density at radius 1 is 1.09 bits per heavy atom. The van der Waals surface area contributed by atoms with Gasteiger partial charge in [0.1, 0.15) is 23.2 Å². The number of carbonyl (C=O) groups is 1. The molecule has 1 heterocycles. The number of hydrogen-bond donors (Lipinski definition) is 2. The van der Waals surface area contributed by atoms with Crippen molar-refractivity contribution in [3.8, 4) is 11.8 Å². The number of sulfonamides is 1. The molecule has 34 heavy (non-hydrogen) atoms. The van der Waals surface area contributed by atoms with Crippen molar-refractivity contribution in [2.75, 3.05) is 16.6 Å². The molecule has 9 heteroatoms. The first-order valence-corrected chi connectivity index (χ1v) is 12.1. The summed E-state index contributed by atoms with van der Waals surface area (Å²) in [6, 6.07) is 19.5. The number of amides is 1. The highest BCUT2D eigenvalue weighted by Crippen LogP contribution is 2.19. The number of pyridine rings is 1. The number of unbranched alkanes of at least 4 members (excludes halogenated alkanes) is 1. The van der Waals surface area contributed by atoms with Crippen LogP contribution in [0.1, 0.15) is 25.3 Å². The van der Waals surface area contributed by atoms with E-state index in [2.05, 4.69) is 21.9 Å². The molecule has 0 bridgehead atoms. The highest BCUT2D eigenvalue weighted by Gasteiger charge is 2.15. The zero-order valence-electron chi connectivity index (χ0n) is 18.6. The van der Waals surface area contributed by atoms with E-state index in [1.165, 1.54) is 42.6 Å². The van der Waals surface area contributed by atoms with Gasteiger partial charge in [-0.1, -0.05) is 31.5 Å². The average molecular weight is 477 g/mol. The van der Waals surface area contributed by atoms with Gasteiger partial charge in [0.2, 0.25) is 0 Å². The van der Waals surface area contributed by atoms with Crippen LogP contribution in [-0.4, -0.2) is 25.9 Å². The van der Waals surface area contributed by atoms with E-state index in [9.17, 15) is 18.5 Å². The topological polar surface area (TPSA) is 121 Å². The lowest BCUT2D eigenvalue weighted by atomic mass is 10.1. The van der Waals surface area contributed by atoms with E-state index in [1.807, 2.05) is 6.07 Å². The highest BCUT2D eigenvalue weighted by atomic mass is 32.2. The number of nitriles is 1. The maximum absolute atomic E-state index is 12.5. The summed E-state index contributed by atoms with van der Waals surface area (Å²) in [4.78, 5) is 16.5. The third-order valence-corrected chi connectivity index (χ3v) is 6.02. The van der Waals surface area contributed by atoms with Crippen LogP contribution in [0.2, 0.25) is 0 Å². The van der Waals surface area contributed by atoms with Crippen LogP contribution in [0.25, 0.3) is 6.08 Å². The average Bonchev–Trinajstić information content (AvgIpc) is 2.84. The first kappa shape index (κ1) is 24.5. The number of nitrogens with zero attached hydrogens (tertiary/aromatic N) is 2. The SMILES string of the molecule is CCCCOc1ccc(/C=C(\C#N)C(=O)Nc2ccc(S(=O)(=O)Nc3ccccn3)cc2)cc1. The molecule has 3 aromatic rings. The van der Waals surface area contributed by atoms with Crippen LogP contribution < -0.4 is 14.8 Å². The summed E-state index contributed by atoms with van der Waals surface area (Å²) < 4.78 is 33.0. The summed E-state index contributed by atoms with van der Waals surface area (Å²) in [6.07, 6.45) is 4.96. The van der Waals surface area contributed by atoms with Crippen molar-refractivity contribution in [3.63, 3.8) is 0 Å². The molecule has 2 aromatic carbocycles. The van der Waals surface area contributed by atoms with Gasteiger partial charge in [-0.2, -0.15) is 5.26 Å². The molecule has 3 rings (SSSR count). The maximum atomic E-state index is 12.5. The molecule has 0 radical (unpaired) electrons. The van der Waals surface area contributed by atoms with E-state index in [4.69, 9.17) is 4.74 Å². The van der Waals surface area contributed by atoms with Crippen molar-refractivity contribution in [3.05, 3.63) is 84.1 Å². The van der Waals surface area contributed by atoms with Crippen LogP contribution >= 0.6 is 0 Å². The largest absolute Gasteiger partial charge is 0.494 e. The standard InChI is InChI=1S/C25H24N4O4S/c1-2-3-16-33-22-11-7-19(8-12-22)17-20(18-26)25(30)28-21-9-13-23(14-10-21)34(31,32)29-24-6-4-5-15-27-24/h4-15,17H,2-3,16H2,1H3,(H,27,29)(H,28,30)/b20-17+. The van der Waals surface area contributed by atoms with E-state index in [-0.39, 0.29) is 16.3 Å². The van der Waals surface area contributed by atoms with Gasteiger partial charge in [-0.05, 0) is 66.6 Å². The van der Waals surface area contributed by atoms with Gasteiger partial charge in [0.15, 0.2) is 0 Å². The lowest BCUT2D eigenvalue weighted by molar-refractivity contribution is -0.112. The Kier molecular flexibility index (Phi) is 8.37.